The fourth-order valence-corrected chi connectivity index (χ4v) is 3.16. The van der Waals surface area contributed by atoms with Crippen molar-refractivity contribution in [3.63, 3.8) is 0 Å². The summed E-state index contributed by atoms with van der Waals surface area (Å²) in [5.41, 5.74) is 2.94. The van der Waals surface area contributed by atoms with Gasteiger partial charge < -0.3 is 14.8 Å². The number of carbonyl (C=O) groups excluding carboxylic acids is 2. The second-order valence-corrected chi connectivity index (χ2v) is 6.03. The number of amides is 1. The fourth-order valence-electron chi connectivity index (χ4n) is 3.16. The Kier molecular flexibility index (Phi) is 5.33. The van der Waals surface area contributed by atoms with Crippen LogP contribution in [-0.4, -0.2) is 25.9 Å². The van der Waals surface area contributed by atoms with Crippen molar-refractivity contribution in [1.82, 2.24) is 5.32 Å². The van der Waals surface area contributed by atoms with Gasteiger partial charge in [-0.05, 0) is 48.6 Å². The molecule has 5 heteroatoms. The van der Waals surface area contributed by atoms with E-state index in [0.29, 0.717) is 17.1 Å². The van der Waals surface area contributed by atoms with Gasteiger partial charge in [0, 0.05) is 5.56 Å². The topological polar surface area (TPSA) is 64.6 Å². The van der Waals surface area contributed by atoms with Gasteiger partial charge in [-0.25, -0.2) is 0 Å². The fraction of sp³-hybridized carbons (Fsp3) is 0.300. The Morgan fingerprint density at radius 1 is 1.24 bits per heavy atom. The number of aldehydes is 1. The second kappa shape index (κ2) is 7.83. The molecule has 1 N–H and O–H groups in total. The third kappa shape index (κ3) is 3.99. The average Bonchev–Trinajstić information content (AvgIpc) is 2.66. The summed E-state index contributed by atoms with van der Waals surface area (Å²) in [5, 5.41) is 3.04. The predicted octanol–water partition coefficient (Wildman–Crippen LogP) is 3.08. The van der Waals surface area contributed by atoms with E-state index in [1.54, 1.807) is 18.2 Å². The molecular weight excluding hydrogens is 318 g/mol. The van der Waals surface area contributed by atoms with E-state index in [-0.39, 0.29) is 18.6 Å². The molecule has 130 valence electrons. The highest BCUT2D eigenvalue weighted by Gasteiger charge is 2.21. The molecule has 1 aliphatic carbocycles. The number of benzene rings is 2. The van der Waals surface area contributed by atoms with Gasteiger partial charge >= 0.3 is 0 Å². The van der Waals surface area contributed by atoms with Gasteiger partial charge in [0.25, 0.3) is 5.91 Å². The van der Waals surface area contributed by atoms with Crippen molar-refractivity contribution in [3.05, 3.63) is 59.2 Å². The Hall–Kier alpha value is -2.82. The molecule has 2 aromatic rings. The molecule has 0 fully saturated rings. The smallest absolute Gasteiger partial charge is 0.258 e. The second-order valence-electron chi connectivity index (χ2n) is 6.03. The summed E-state index contributed by atoms with van der Waals surface area (Å²) in [5.74, 6) is 0.674. The highest BCUT2D eigenvalue weighted by Crippen LogP contribution is 2.30. The number of aryl methyl sites for hydroxylation is 1. The van der Waals surface area contributed by atoms with Gasteiger partial charge in [-0.2, -0.15) is 0 Å². The van der Waals surface area contributed by atoms with Gasteiger partial charge in [-0.3, -0.25) is 9.59 Å². The number of methoxy groups -OCH3 is 1. The molecule has 1 amide bonds. The summed E-state index contributed by atoms with van der Waals surface area (Å²) < 4.78 is 10.8. The molecule has 0 bridgehead atoms. The first-order valence-electron chi connectivity index (χ1n) is 8.34. The molecule has 3 rings (SSSR count). The van der Waals surface area contributed by atoms with Crippen molar-refractivity contribution in [1.29, 1.82) is 0 Å². The van der Waals surface area contributed by atoms with Crippen LogP contribution in [0, 0.1) is 0 Å². The lowest BCUT2D eigenvalue weighted by molar-refractivity contribution is -0.124. The van der Waals surface area contributed by atoms with Crippen LogP contribution in [0.1, 0.15) is 40.4 Å². The summed E-state index contributed by atoms with van der Waals surface area (Å²) in [6.07, 6.45) is 3.75. The minimum Gasteiger partial charge on any atom is -0.493 e. The zero-order valence-electron chi connectivity index (χ0n) is 14.2. The molecule has 0 saturated heterocycles. The molecule has 0 spiro atoms. The van der Waals surface area contributed by atoms with Gasteiger partial charge in [0.15, 0.2) is 18.1 Å². The number of hydrogen-bond acceptors (Lipinski definition) is 4. The van der Waals surface area contributed by atoms with Gasteiger partial charge in [0.05, 0.1) is 13.2 Å². The van der Waals surface area contributed by atoms with Crippen molar-refractivity contribution in [3.8, 4) is 11.5 Å². The maximum Gasteiger partial charge on any atom is 0.258 e. The van der Waals surface area contributed by atoms with E-state index < -0.39 is 0 Å². The Morgan fingerprint density at radius 2 is 2.08 bits per heavy atom. The van der Waals surface area contributed by atoms with Crippen molar-refractivity contribution in [2.45, 2.75) is 25.3 Å². The molecule has 0 radical (unpaired) electrons. The largest absolute Gasteiger partial charge is 0.493 e. The van der Waals surface area contributed by atoms with Gasteiger partial charge in [0.2, 0.25) is 0 Å². The van der Waals surface area contributed by atoms with Crippen LogP contribution in [0.2, 0.25) is 0 Å². The van der Waals surface area contributed by atoms with Crippen LogP contribution in [0.15, 0.2) is 42.5 Å². The molecule has 0 heterocycles. The monoisotopic (exact) mass is 339 g/mol. The molecule has 1 aliphatic rings. The van der Waals surface area contributed by atoms with Crippen molar-refractivity contribution < 1.29 is 19.1 Å². The number of carbonyl (C=O) groups is 2. The van der Waals surface area contributed by atoms with Crippen LogP contribution in [-0.2, 0) is 11.2 Å². The van der Waals surface area contributed by atoms with Crippen molar-refractivity contribution >= 4 is 12.2 Å². The lowest BCUT2D eigenvalue weighted by Crippen LogP contribution is -2.34. The van der Waals surface area contributed by atoms with Crippen LogP contribution >= 0.6 is 0 Å². The molecule has 0 saturated carbocycles. The van der Waals surface area contributed by atoms with Crippen LogP contribution in [0.3, 0.4) is 0 Å². The molecule has 1 atom stereocenters. The zero-order chi connectivity index (χ0) is 17.6. The van der Waals surface area contributed by atoms with E-state index in [4.69, 9.17) is 9.47 Å². The molecule has 5 nitrogen and oxygen atoms in total. The van der Waals surface area contributed by atoms with E-state index in [1.165, 1.54) is 18.2 Å². The molecule has 25 heavy (non-hydrogen) atoms. The molecule has 0 aliphatic heterocycles. The van der Waals surface area contributed by atoms with Crippen LogP contribution in [0.5, 0.6) is 11.5 Å². The minimum absolute atomic E-state index is 0.0178. The van der Waals surface area contributed by atoms with Crippen LogP contribution in [0.4, 0.5) is 0 Å². The first kappa shape index (κ1) is 17.0. The number of fused-ring (bicyclic) bond motifs is 1. The molecule has 2 aromatic carbocycles. The highest BCUT2D eigenvalue weighted by molar-refractivity contribution is 5.79. The molecular formula is C20H21NO4. The van der Waals surface area contributed by atoms with E-state index in [1.807, 2.05) is 12.1 Å². The lowest BCUT2D eigenvalue weighted by atomic mass is 9.88. The number of nitrogens with one attached hydrogen (secondary N) is 1. The van der Waals surface area contributed by atoms with E-state index >= 15 is 0 Å². The number of rotatable bonds is 6. The Labute approximate surface area is 147 Å². The quantitative estimate of drug-likeness (QED) is 0.822. The summed E-state index contributed by atoms with van der Waals surface area (Å²) >= 11 is 0. The van der Waals surface area contributed by atoms with Crippen LogP contribution < -0.4 is 14.8 Å². The summed E-state index contributed by atoms with van der Waals surface area (Å²) in [6, 6.07) is 13.1. The number of hydrogen-bond donors (Lipinski definition) is 1. The van der Waals surface area contributed by atoms with Crippen molar-refractivity contribution in [2.24, 2.45) is 0 Å². The van der Waals surface area contributed by atoms with Gasteiger partial charge in [-0.1, -0.05) is 24.3 Å². The Bertz CT molecular complexity index is 772. The maximum absolute atomic E-state index is 12.3. The van der Waals surface area contributed by atoms with Gasteiger partial charge in [0.1, 0.15) is 6.29 Å². The Balaban J connectivity index is 1.64. The van der Waals surface area contributed by atoms with Gasteiger partial charge in [-0.15, -0.1) is 0 Å². The zero-order valence-corrected chi connectivity index (χ0v) is 14.2. The average molecular weight is 339 g/mol. The summed E-state index contributed by atoms with van der Waals surface area (Å²) in [4.78, 5) is 23.2. The third-order valence-corrected chi connectivity index (χ3v) is 4.39. The minimum atomic E-state index is -0.194. The molecule has 0 aromatic heterocycles. The van der Waals surface area contributed by atoms with Crippen molar-refractivity contribution in [2.75, 3.05) is 13.7 Å². The predicted molar refractivity (Wildman–Crippen MR) is 94.1 cm³/mol. The first-order chi connectivity index (χ1) is 12.2. The normalized spacial score (nSPS) is 15.8. The first-order valence-corrected chi connectivity index (χ1v) is 8.34. The summed E-state index contributed by atoms with van der Waals surface area (Å²) in [6.45, 7) is -0.128. The van der Waals surface area contributed by atoms with E-state index in [2.05, 4.69) is 17.4 Å². The SMILES string of the molecule is COc1ccc(C=O)cc1OCC(=O)N[C@H]1CCCc2ccccc21. The third-order valence-electron chi connectivity index (χ3n) is 4.39. The highest BCUT2D eigenvalue weighted by atomic mass is 16.5. The maximum atomic E-state index is 12.3. The standard InChI is InChI=1S/C20H21NO4/c1-24-18-10-9-14(12-22)11-19(18)25-13-20(23)21-17-8-4-6-15-5-2-3-7-16(15)17/h2-3,5,7,9-12,17H,4,6,8,13H2,1H3,(H,21,23)/t17-/m0/s1. The summed E-state index contributed by atoms with van der Waals surface area (Å²) in [7, 11) is 1.52. The van der Waals surface area contributed by atoms with E-state index in [9.17, 15) is 9.59 Å². The Morgan fingerprint density at radius 3 is 2.88 bits per heavy atom. The molecule has 0 unspecified atom stereocenters. The lowest BCUT2D eigenvalue weighted by Gasteiger charge is -2.26. The van der Waals surface area contributed by atoms with E-state index in [0.717, 1.165) is 25.5 Å². The number of ether oxygens (including phenoxy) is 2. The van der Waals surface area contributed by atoms with Crippen LogP contribution in [0.25, 0.3) is 0 Å².